The molecule has 0 N–H and O–H groups in total. The van der Waals surface area contributed by atoms with Gasteiger partial charge in [0.2, 0.25) is 0 Å². The number of anilines is 1. The average molecular weight is 396 g/mol. The second-order valence-corrected chi connectivity index (χ2v) is 6.82. The lowest BCUT2D eigenvalue weighted by Gasteiger charge is -2.37. The number of hydrogen-bond acceptors (Lipinski definition) is 8. The molecule has 2 heterocycles. The Morgan fingerprint density at radius 2 is 1.83 bits per heavy atom. The van der Waals surface area contributed by atoms with Crippen LogP contribution in [0.5, 0.6) is 11.5 Å². The van der Waals surface area contributed by atoms with E-state index in [1.54, 1.807) is 31.4 Å². The Balaban J connectivity index is 1.83. The Morgan fingerprint density at radius 1 is 1.17 bits per heavy atom. The molecule has 150 valence electrons. The summed E-state index contributed by atoms with van der Waals surface area (Å²) < 4.78 is 10.9. The van der Waals surface area contributed by atoms with E-state index in [1.807, 2.05) is 17.0 Å². The summed E-state index contributed by atoms with van der Waals surface area (Å²) in [7, 11) is 3.17. The Bertz CT molecular complexity index is 1020. The Labute approximate surface area is 167 Å². The van der Waals surface area contributed by atoms with Gasteiger partial charge in [-0.25, -0.2) is 5.01 Å². The zero-order valence-corrected chi connectivity index (χ0v) is 16.3. The minimum absolute atomic E-state index is 0.00368. The second-order valence-electron chi connectivity index (χ2n) is 6.82. The van der Waals surface area contributed by atoms with E-state index in [0.29, 0.717) is 29.6 Å². The van der Waals surface area contributed by atoms with E-state index in [1.165, 1.54) is 19.1 Å². The molecule has 0 saturated heterocycles. The number of fused-ring (bicyclic) bond motifs is 3. The fraction of sp³-hybridized carbons (Fsp3) is 0.300. The van der Waals surface area contributed by atoms with Crippen LogP contribution in [0.2, 0.25) is 0 Å². The molecule has 29 heavy (non-hydrogen) atoms. The zero-order chi connectivity index (χ0) is 20.7. The molecule has 0 amide bonds. The molecule has 0 fully saturated rings. The largest absolute Gasteiger partial charge is 0.493 e. The number of nitro benzene ring substituents is 1. The van der Waals surface area contributed by atoms with E-state index < -0.39 is 4.92 Å². The molecule has 1 unspecified atom stereocenters. The minimum atomic E-state index is -0.447. The van der Waals surface area contributed by atoms with Gasteiger partial charge in [-0.1, -0.05) is 0 Å². The van der Waals surface area contributed by atoms with Crippen LogP contribution in [0.3, 0.4) is 0 Å². The summed E-state index contributed by atoms with van der Waals surface area (Å²) in [5, 5.41) is 17.3. The van der Waals surface area contributed by atoms with Gasteiger partial charge in [-0.2, -0.15) is 0 Å². The molecule has 2 aromatic carbocycles. The van der Waals surface area contributed by atoms with Crippen molar-refractivity contribution in [1.82, 2.24) is 4.90 Å². The number of nitro groups is 1. The first-order valence-electron chi connectivity index (χ1n) is 9.09. The summed E-state index contributed by atoms with van der Waals surface area (Å²) >= 11 is 0. The topological polar surface area (TPSA) is 97.5 Å². The third-order valence-electron chi connectivity index (χ3n) is 5.19. The molecule has 0 aromatic heterocycles. The van der Waals surface area contributed by atoms with E-state index in [2.05, 4.69) is 5.10 Å². The van der Waals surface area contributed by atoms with Crippen LogP contribution in [-0.4, -0.2) is 42.2 Å². The molecule has 0 spiro atoms. The molecular weight excluding hydrogens is 376 g/mol. The van der Waals surface area contributed by atoms with Gasteiger partial charge in [-0.15, -0.1) is 5.10 Å². The Kier molecular flexibility index (Phi) is 4.57. The van der Waals surface area contributed by atoms with Crippen molar-refractivity contribution < 1.29 is 19.2 Å². The highest BCUT2D eigenvalue weighted by atomic mass is 16.6. The van der Waals surface area contributed by atoms with Crippen molar-refractivity contribution in [2.45, 2.75) is 19.5 Å². The molecule has 2 aliphatic heterocycles. The Hall–Kier alpha value is -3.62. The van der Waals surface area contributed by atoms with Crippen LogP contribution in [0.25, 0.3) is 0 Å². The highest BCUT2D eigenvalue weighted by molar-refractivity contribution is 6.38. The molecule has 2 aliphatic rings. The van der Waals surface area contributed by atoms with Crippen molar-refractivity contribution in [3.05, 3.63) is 57.6 Å². The number of amidine groups is 1. The van der Waals surface area contributed by atoms with Crippen molar-refractivity contribution in [2.75, 3.05) is 25.8 Å². The number of hydrogen-bond donors (Lipinski definition) is 0. The summed E-state index contributed by atoms with van der Waals surface area (Å²) in [5.41, 5.74) is 2.68. The summed E-state index contributed by atoms with van der Waals surface area (Å²) in [6, 6.07) is 9.99. The minimum Gasteiger partial charge on any atom is -0.493 e. The number of methoxy groups -OCH3 is 2. The van der Waals surface area contributed by atoms with E-state index >= 15 is 0 Å². The van der Waals surface area contributed by atoms with Crippen molar-refractivity contribution >= 4 is 23.0 Å². The number of Topliss-reactive ketones (excluding diaryl/α,β-unsaturated/α-hetero) is 1. The first-order valence-corrected chi connectivity index (χ1v) is 9.09. The predicted molar refractivity (Wildman–Crippen MR) is 106 cm³/mol. The monoisotopic (exact) mass is 396 g/mol. The van der Waals surface area contributed by atoms with Crippen LogP contribution in [0, 0.1) is 10.1 Å². The molecule has 0 bridgehead atoms. The first kappa shape index (κ1) is 18.7. The molecule has 9 heteroatoms. The zero-order valence-electron chi connectivity index (χ0n) is 16.3. The van der Waals surface area contributed by atoms with Crippen LogP contribution < -0.4 is 14.5 Å². The molecular formula is C20H20N4O5. The third kappa shape index (κ3) is 3.04. The summed E-state index contributed by atoms with van der Waals surface area (Å²) in [5.74, 6) is 1.47. The number of ketones is 1. The van der Waals surface area contributed by atoms with Gasteiger partial charge < -0.3 is 14.4 Å². The average Bonchev–Trinajstić information content (AvgIpc) is 3.13. The standard InChI is InChI=1S/C20H20N4O5/c1-12(25)19-21-23(14-4-6-15(7-5-14)24(26)27)20-16-11-18(29-3)17(28-2)10-13(16)8-9-22(19)20/h4-7,10-11,20H,8-9H2,1-3H3. The van der Waals surface area contributed by atoms with Crippen LogP contribution in [0.1, 0.15) is 24.2 Å². The van der Waals surface area contributed by atoms with Gasteiger partial charge in [-0.05, 0) is 36.2 Å². The second kappa shape index (κ2) is 7.08. The van der Waals surface area contributed by atoms with Gasteiger partial charge in [0.15, 0.2) is 29.3 Å². The van der Waals surface area contributed by atoms with E-state index in [-0.39, 0.29) is 17.6 Å². The van der Waals surface area contributed by atoms with Gasteiger partial charge >= 0.3 is 0 Å². The number of carbonyl (C=O) groups excluding carboxylic acids is 1. The lowest BCUT2D eigenvalue weighted by atomic mass is 9.95. The number of non-ortho nitro benzene ring substituents is 1. The smallest absolute Gasteiger partial charge is 0.269 e. The number of nitrogens with zero attached hydrogens (tertiary/aromatic N) is 4. The fourth-order valence-corrected chi connectivity index (χ4v) is 3.82. The van der Waals surface area contributed by atoms with Gasteiger partial charge in [0, 0.05) is 31.2 Å². The molecule has 9 nitrogen and oxygen atoms in total. The maximum absolute atomic E-state index is 12.2. The van der Waals surface area contributed by atoms with Crippen LogP contribution >= 0.6 is 0 Å². The third-order valence-corrected chi connectivity index (χ3v) is 5.19. The maximum atomic E-state index is 12.2. The van der Waals surface area contributed by atoms with Crippen molar-refractivity contribution in [1.29, 1.82) is 0 Å². The molecule has 0 radical (unpaired) electrons. The first-order chi connectivity index (χ1) is 13.9. The summed E-state index contributed by atoms with van der Waals surface area (Å²) in [4.78, 5) is 24.7. The lowest BCUT2D eigenvalue weighted by molar-refractivity contribution is -0.384. The number of ether oxygens (including phenoxy) is 2. The van der Waals surface area contributed by atoms with Gasteiger partial charge in [0.1, 0.15) is 0 Å². The van der Waals surface area contributed by atoms with E-state index in [4.69, 9.17) is 9.47 Å². The van der Waals surface area contributed by atoms with Crippen molar-refractivity contribution in [3.63, 3.8) is 0 Å². The van der Waals surface area contributed by atoms with Gasteiger partial charge in [-0.3, -0.25) is 14.9 Å². The van der Waals surface area contributed by atoms with Crippen molar-refractivity contribution in [3.8, 4) is 11.5 Å². The number of rotatable bonds is 5. The van der Waals surface area contributed by atoms with Gasteiger partial charge in [0.25, 0.3) is 5.69 Å². The highest BCUT2D eigenvalue weighted by Crippen LogP contribution is 2.44. The molecule has 1 atom stereocenters. The molecule has 4 rings (SSSR count). The van der Waals surface area contributed by atoms with Crippen LogP contribution in [0.4, 0.5) is 11.4 Å². The SMILES string of the molecule is COc1cc2c(cc1OC)C1N(CC2)C(C(C)=O)=NN1c1ccc([N+](=O)[O-])cc1. The highest BCUT2D eigenvalue weighted by Gasteiger charge is 2.42. The number of hydrazone groups is 1. The molecule has 0 aliphatic carbocycles. The predicted octanol–water partition coefficient (Wildman–Crippen LogP) is 2.89. The number of carbonyl (C=O) groups is 1. The van der Waals surface area contributed by atoms with E-state index in [0.717, 1.165) is 17.5 Å². The summed E-state index contributed by atoms with van der Waals surface area (Å²) in [6.45, 7) is 2.11. The fourth-order valence-electron chi connectivity index (χ4n) is 3.82. The molecule has 2 aromatic rings. The van der Waals surface area contributed by atoms with Crippen molar-refractivity contribution in [2.24, 2.45) is 5.10 Å². The summed E-state index contributed by atoms with van der Waals surface area (Å²) in [6.07, 6.45) is 0.381. The van der Waals surface area contributed by atoms with Gasteiger partial charge in [0.05, 0.1) is 24.8 Å². The van der Waals surface area contributed by atoms with E-state index in [9.17, 15) is 14.9 Å². The quantitative estimate of drug-likeness (QED) is 0.566. The Morgan fingerprint density at radius 3 is 2.41 bits per heavy atom. The lowest BCUT2D eigenvalue weighted by Crippen LogP contribution is -2.42. The molecule has 0 saturated carbocycles. The number of benzene rings is 2. The normalized spacial score (nSPS) is 17.3. The van der Waals surface area contributed by atoms with Crippen LogP contribution in [0.15, 0.2) is 41.5 Å². The van der Waals surface area contributed by atoms with Crippen LogP contribution in [-0.2, 0) is 11.2 Å². The maximum Gasteiger partial charge on any atom is 0.269 e.